The molecule has 1 fully saturated rings. The van der Waals surface area contributed by atoms with Crippen LogP contribution in [0.1, 0.15) is 39.2 Å². The van der Waals surface area contributed by atoms with Gasteiger partial charge in [0.25, 0.3) is 0 Å². The molecule has 1 aliphatic rings. The van der Waals surface area contributed by atoms with Crippen molar-refractivity contribution in [2.24, 2.45) is 0 Å². The monoisotopic (exact) mass is 637 g/mol. The predicted octanol–water partition coefficient (Wildman–Crippen LogP) is 5.38. The van der Waals surface area contributed by atoms with Gasteiger partial charge in [-0.05, 0) is 55.7 Å². The van der Waals surface area contributed by atoms with E-state index in [1.807, 2.05) is 32.6 Å². The van der Waals surface area contributed by atoms with Gasteiger partial charge in [-0.25, -0.2) is 27.2 Å². The zero-order chi connectivity index (χ0) is 32.1. The molecule has 2 atom stereocenters. The van der Waals surface area contributed by atoms with Gasteiger partial charge in [-0.1, -0.05) is 56.3 Å². The number of para-hydroxylation sites is 1. The highest BCUT2D eigenvalue weighted by Crippen LogP contribution is 2.37. The summed E-state index contributed by atoms with van der Waals surface area (Å²) in [5, 5.41) is 0.493. The quantitative estimate of drug-likeness (QED) is 0.262. The summed E-state index contributed by atoms with van der Waals surface area (Å²) >= 11 is 6.77. The van der Waals surface area contributed by atoms with Gasteiger partial charge in [0.2, 0.25) is 5.91 Å². The number of sulfone groups is 1. The molecule has 0 bridgehead atoms. The summed E-state index contributed by atoms with van der Waals surface area (Å²) in [6.45, 7) is 11.9. The summed E-state index contributed by atoms with van der Waals surface area (Å²) in [6, 6.07) is 11.9. The average Bonchev–Trinajstić information content (AvgIpc) is 2.97. The Bertz CT molecular complexity index is 1980. The van der Waals surface area contributed by atoms with Crippen molar-refractivity contribution in [3.8, 4) is 16.9 Å². The number of hydrogen-bond acceptors (Lipinski definition) is 7. The molecule has 0 radical (unpaired) electrons. The largest absolute Gasteiger partial charge is 0.355 e. The summed E-state index contributed by atoms with van der Waals surface area (Å²) in [7, 11) is -3.82. The Morgan fingerprint density at radius 3 is 2.43 bits per heavy atom. The molecule has 5 rings (SSSR count). The molecule has 0 spiro atoms. The molecule has 0 saturated carbocycles. The maximum atomic E-state index is 15.0. The van der Waals surface area contributed by atoms with Gasteiger partial charge in [0.15, 0.2) is 15.5 Å². The summed E-state index contributed by atoms with van der Waals surface area (Å²) in [6.07, 6.45) is 2.35. The molecule has 1 aliphatic heterocycles. The minimum absolute atomic E-state index is 0.0654. The first kappa shape index (κ1) is 31.3. The van der Waals surface area contributed by atoms with Crippen LogP contribution in [0.4, 0.5) is 10.2 Å². The molecule has 1 amide bonds. The highest BCUT2D eigenvalue weighted by Gasteiger charge is 2.34. The lowest BCUT2D eigenvalue weighted by atomic mass is 10.0. The fourth-order valence-electron chi connectivity index (χ4n) is 5.76. The molecule has 0 aliphatic carbocycles. The van der Waals surface area contributed by atoms with Crippen molar-refractivity contribution in [1.29, 1.82) is 0 Å². The normalized spacial score (nSPS) is 17.4. The minimum atomic E-state index is -3.82. The lowest BCUT2D eigenvalue weighted by Crippen LogP contribution is -2.58. The molecule has 12 heteroatoms. The molecule has 4 aromatic rings. The molecule has 9 nitrogen and oxygen atoms in total. The fourth-order valence-corrected chi connectivity index (χ4v) is 6.90. The molecule has 0 unspecified atom stereocenters. The minimum Gasteiger partial charge on any atom is -0.349 e. The van der Waals surface area contributed by atoms with Gasteiger partial charge in [-0.2, -0.15) is 4.98 Å². The third-order valence-corrected chi connectivity index (χ3v) is 9.34. The predicted molar refractivity (Wildman–Crippen MR) is 171 cm³/mol. The van der Waals surface area contributed by atoms with E-state index in [1.54, 1.807) is 35.2 Å². The lowest BCUT2D eigenvalue weighted by molar-refractivity contribution is -0.128. The van der Waals surface area contributed by atoms with Gasteiger partial charge in [-0.3, -0.25) is 4.79 Å². The Labute approximate surface area is 260 Å². The second kappa shape index (κ2) is 11.8. The second-order valence-corrected chi connectivity index (χ2v) is 13.8. The first-order valence-electron chi connectivity index (χ1n) is 14.2. The Kier molecular flexibility index (Phi) is 8.39. The molecule has 2 aromatic heterocycles. The van der Waals surface area contributed by atoms with Gasteiger partial charge < -0.3 is 9.80 Å². The number of amides is 1. The van der Waals surface area contributed by atoms with Crippen molar-refractivity contribution in [1.82, 2.24) is 19.4 Å². The number of halogens is 2. The highest BCUT2D eigenvalue weighted by atomic mass is 35.5. The zero-order valence-electron chi connectivity index (χ0n) is 25.1. The topological polar surface area (TPSA) is 105 Å². The van der Waals surface area contributed by atoms with Crippen LogP contribution in [-0.2, 0) is 14.6 Å². The number of rotatable bonds is 6. The Balaban J connectivity index is 1.89. The third kappa shape index (κ3) is 5.50. The van der Waals surface area contributed by atoms with Crippen LogP contribution in [0.2, 0.25) is 5.02 Å². The van der Waals surface area contributed by atoms with Gasteiger partial charge in [0.1, 0.15) is 11.6 Å². The number of carbonyl (C=O) groups is 1. The number of aromatic nitrogens is 3. The number of nitrogens with zero attached hydrogens (tertiary/aromatic N) is 5. The zero-order valence-corrected chi connectivity index (χ0v) is 26.7. The van der Waals surface area contributed by atoms with Crippen LogP contribution in [0, 0.1) is 5.82 Å². The Morgan fingerprint density at radius 2 is 1.80 bits per heavy atom. The molecule has 3 heterocycles. The van der Waals surface area contributed by atoms with Crippen molar-refractivity contribution < 1.29 is 17.6 Å². The van der Waals surface area contributed by atoms with E-state index in [0.717, 1.165) is 6.26 Å². The number of carbonyl (C=O) groups excluding carboxylic acids is 1. The van der Waals surface area contributed by atoms with E-state index in [-0.39, 0.29) is 62.2 Å². The van der Waals surface area contributed by atoms with E-state index in [0.29, 0.717) is 24.0 Å². The summed E-state index contributed by atoms with van der Waals surface area (Å²) in [5.74, 6) is -0.656. The van der Waals surface area contributed by atoms with Crippen molar-refractivity contribution in [2.45, 2.75) is 50.6 Å². The van der Waals surface area contributed by atoms with E-state index < -0.39 is 21.3 Å². The van der Waals surface area contributed by atoms with E-state index in [9.17, 15) is 18.0 Å². The van der Waals surface area contributed by atoms with Crippen molar-refractivity contribution in [3.63, 3.8) is 0 Å². The smallest absolute Gasteiger partial charge is 0.349 e. The van der Waals surface area contributed by atoms with Crippen LogP contribution in [0.15, 0.2) is 70.9 Å². The second-order valence-electron chi connectivity index (χ2n) is 11.4. The standard InChI is InChI=1S/C32H33ClFN5O4S/c1-7-27(40)37-16-20(5)38(17-19(37)4)30-23-15-24(33)28(22-11-8-9-13-25(22)34)35-31(23)39(32(41)36-30)29-21(18(2)3)12-10-14-26(29)44(6,42)43/h7-15,18-20H,1,16-17H2,2-6H3/t19-,20+/m1/s1. The fraction of sp³-hybridized carbons (Fsp3) is 0.312. The van der Waals surface area contributed by atoms with E-state index in [1.165, 1.54) is 28.8 Å². The van der Waals surface area contributed by atoms with Crippen LogP contribution in [-0.4, -0.2) is 65.2 Å². The van der Waals surface area contributed by atoms with Crippen LogP contribution in [0.5, 0.6) is 0 Å². The Morgan fingerprint density at radius 1 is 1.09 bits per heavy atom. The number of anilines is 1. The Hall–Kier alpha value is -4.09. The molecule has 0 N–H and O–H groups in total. The van der Waals surface area contributed by atoms with Crippen LogP contribution in [0.3, 0.4) is 0 Å². The summed E-state index contributed by atoms with van der Waals surface area (Å²) in [5.41, 5.74) is 0.253. The number of benzene rings is 2. The molecule has 230 valence electrons. The van der Waals surface area contributed by atoms with Crippen LogP contribution >= 0.6 is 11.6 Å². The SMILES string of the molecule is C=CC(=O)N1C[C@H](C)N(c2nc(=O)n(-c3c(C(C)C)cccc3S(C)(=O)=O)c3nc(-c4ccccc4F)c(Cl)cc23)C[C@H]1C. The maximum absolute atomic E-state index is 15.0. The molecule has 2 aromatic carbocycles. The summed E-state index contributed by atoms with van der Waals surface area (Å²) in [4.78, 5) is 39.5. The lowest BCUT2D eigenvalue weighted by Gasteiger charge is -2.44. The first-order chi connectivity index (χ1) is 20.7. The first-order valence-corrected chi connectivity index (χ1v) is 16.4. The van der Waals surface area contributed by atoms with Crippen LogP contribution in [0.25, 0.3) is 28.0 Å². The molecule has 44 heavy (non-hydrogen) atoms. The average molecular weight is 638 g/mol. The number of pyridine rings is 1. The maximum Gasteiger partial charge on any atom is 0.355 e. The van der Waals surface area contributed by atoms with Crippen molar-refractivity contribution >= 4 is 44.2 Å². The van der Waals surface area contributed by atoms with Gasteiger partial charge in [0, 0.05) is 37.0 Å². The molecular weight excluding hydrogens is 605 g/mol. The van der Waals surface area contributed by atoms with Crippen LogP contribution < -0.4 is 10.6 Å². The molecular formula is C32H33ClFN5O4S. The van der Waals surface area contributed by atoms with Crippen molar-refractivity contribution in [2.75, 3.05) is 24.2 Å². The number of fused-ring (bicyclic) bond motifs is 1. The molecule has 1 saturated heterocycles. The highest BCUT2D eigenvalue weighted by molar-refractivity contribution is 7.90. The summed E-state index contributed by atoms with van der Waals surface area (Å²) < 4.78 is 42.4. The third-order valence-electron chi connectivity index (χ3n) is 7.92. The van der Waals surface area contributed by atoms with E-state index in [4.69, 9.17) is 16.6 Å². The number of piperazine rings is 1. The van der Waals surface area contributed by atoms with E-state index in [2.05, 4.69) is 11.6 Å². The van der Waals surface area contributed by atoms with Gasteiger partial charge in [-0.15, -0.1) is 0 Å². The van der Waals surface area contributed by atoms with Gasteiger partial charge >= 0.3 is 5.69 Å². The van der Waals surface area contributed by atoms with E-state index >= 15 is 4.39 Å². The number of hydrogen-bond donors (Lipinski definition) is 0. The van der Waals surface area contributed by atoms with Crippen molar-refractivity contribution in [3.05, 3.63) is 88.1 Å². The van der Waals surface area contributed by atoms with Gasteiger partial charge in [0.05, 0.1) is 26.7 Å².